The zero-order valence-electron chi connectivity index (χ0n) is 11.0. The van der Waals surface area contributed by atoms with E-state index in [9.17, 15) is 9.59 Å². The van der Waals surface area contributed by atoms with Crippen LogP contribution in [0.25, 0.3) is 0 Å². The van der Waals surface area contributed by atoms with Crippen LogP contribution in [-0.4, -0.2) is 22.9 Å². The van der Waals surface area contributed by atoms with E-state index < -0.39 is 16.8 Å². The first-order valence-electron chi connectivity index (χ1n) is 6.05. The summed E-state index contributed by atoms with van der Waals surface area (Å²) in [5, 5.41) is 2.66. The first-order valence-corrected chi connectivity index (χ1v) is 7.63. The highest BCUT2D eigenvalue weighted by Gasteiger charge is 2.30. The Morgan fingerprint density at radius 3 is 2.67 bits per heavy atom. The summed E-state index contributed by atoms with van der Waals surface area (Å²) in [6.07, 6.45) is 7.16. The number of amides is 3. The summed E-state index contributed by atoms with van der Waals surface area (Å²) in [4.78, 5) is 23.2. The number of urea groups is 1. The molecule has 0 aromatic carbocycles. The second-order valence-electron chi connectivity index (χ2n) is 4.53. The SMILES string of the molecule is CC1(Cl)C=CC=CC1NC(=O)NNC(=O)c1ccc(Cl)s1. The Morgan fingerprint density at radius 2 is 2.05 bits per heavy atom. The summed E-state index contributed by atoms with van der Waals surface area (Å²) < 4.78 is 0.502. The van der Waals surface area contributed by atoms with Crippen LogP contribution in [0.1, 0.15) is 16.6 Å². The van der Waals surface area contributed by atoms with E-state index in [0.717, 1.165) is 11.3 Å². The number of hydrogen-bond donors (Lipinski definition) is 3. The lowest BCUT2D eigenvalue weighted by Crippen LogP contribution is -2.53. The Bertz CT molecular complexity index is 610. The molecule has 0 spiro atoms. The third-order valence-corrected chi connectivity index (χ3v) is 4.41. The van der Waals surface area contributed by atoms with Gasteiger partial charge in [0.2, 0.25) is 0 Å². The fourth-order valence-electron chi connectivity index (χ4n) is 1.69. The van der Waals surface area contributed by atoms with Crippen LogP contribution in [0.5, 0.6) is 0 Å². The Hall–Kier alpha value is -1.50. The smallest absolute Gasteiger partial charge is 0.328 e. The predicted molar refractivity (Wildman–Crippen MR) is 84.8 cm³/mol. The van der Waals surface area contributed by atoms with Crippen LogP contribution in [0.2, 0.25) is 4.34 Å². The Kier molecular flexibility index (Phi) is 4.92. The lowest BCUT2D eigenvalue weighted by molar-refractivity contribution is 0.0940. The zero-order valence-corrected chi connectivity index (χ0v) is 13.4. The highest BCUT2D eigenvalue weighted by atomic mass is 35.5. The number of halogens is 2. The van der Waals surface area contributed by atoms with Crippen molar-refractivity contribution in [2.75, 3.05) is 0 Å². The van der Waals surface area contributed by atoms with Crippen LogP contribution in [0, 0.1) is 0 Å². The molecule has 1 aliphatic carbocycles. The van der Waals surface area contributed by atoms with Gasteiger partial charge in [0.05, 0.1) is 20.1 Å². The van der Waals surface area contributed by atoms with Crippen molar-refractivity contribution in [3.05, 3.63) is 45.7 Å². The molecule has 1 aromatic heterocycles. The van der Waals surface area contributed by atoms with Gasteiger partial charge in [-0.3, -0.25) is 10.2 Å². The maximum Gasteiger partial charge on any atom is 0.334 e. The molecule has 2 rings (SSSR count). The van der Waals surface area contributed by atoms with Gasteiger partial charge in [0, 0.05) is 0 Å². The second-order valence-corrected chi connectivity index (χ2v) is 7.06. The van der Waals surface area contributed by atoms with Gasteiger partial charge >= 0.3 is 6.03 Å². The van der Waals surface area contributed by atoms with Crippen LogP contribution < -0.4 is 16.2 Å². The van der Waals surface area contributed by atoms with E-state index in [4.69, 9.17) is 23.2 Å². The molecular weight excluding hydrogens is 333 g/mol. The van der Waals surface area contributed by atoms with Gasteiger partial charge in [0.1, 0.15) is 0 Å². The molecule has 2 unspecified atom stereocenters. The Morgan fingerprint density at radius 1 is 1.29 bits per heavy atom. The third-order valence-electron chi connectivity index (χ3n) is 2.82. The molecule has 21 heavy (non-hydrogen) atoms. The molecular formula is C13H13Cl2N3O2S. The minimum absolute atomic E-state index is 0.378. The van der Waals surface area contributed by atoms with E-state index in [-0.39, 0.29) is 6.04 Å². The van der Waals surface area contributed by atoms with Gasteiger partial charge in [-0.25, -0.2) is 10.2 Å². The van der Waals surface area contributed by atoms with Crippen molar-refractivity contribution in [3.63, 3.8) is 0 Å². The number of hydrogen-bond acceptors (Lipinski definition) is 3. The van der Waals surface area contributed by atoms with Crippen molar-refractivity contribution in [2.45, 2.75) is 17.8 Å². The van der Waals surface area contributed by atoms with Crippen LogP contribution in [-0.2, 0) is 0 Å². The minimum Gasteiger partial charge on any atom is -0.328 e. The molecule has 2 atom stereocenters. The summed E-state index contributed by atoms with van der Waals surface area (Å²) in [7, 11) is 0. The van der Waals surface area contributed by atoms with Crippen LogP contribution in [0.4, 0.5) is 4.79 Å². The van der Waals surface area contributed by atoms with Gasteiger partial charge in [0.15, 0.2) is 0 Å². The zero-order chi connectivity index (χ0) is 15.5. The number of hydrazine groups is 1. The summed E-state index contributed by atoms with van der Waals surface area (Å²) >= 11 is 13.1. The van der Waals surface area contributed by atoms with Crippen LogP contribution in [0.15, 0.2) is 36.4 Å². The predicted octanol–water partition coefficient (Wildman–Crippen LogP) is 2.84. The highest BCUT2D eigenvalue weighted by Crippen LogP contribution is 2.25. The van der Waals surface area contributed by atoms with Gasteiger partial charge in [0.25, 0.3) is 5.91 Å². The van der Waals surface area contributed by atoms with Gasteiger partial charge in [-0.05, 0) is 19.1 Å². The average Bonchev–Trinajstić information content (AvgIpc) is 2.85. The molecule has 0 radical (unpaired) electrons. The first kappa shape index (κ1) is 15.9. The van der Waals surface area contributed by atoms with Crippen LogP contribution in [0.3, 0.4) is 0 Å². The quantitative estimate of drug-likeness (QED) is 0.569. The van der Waals surface area contributed by atoms with E-state index in [0.29, 0.717) is 9.21 Å². The van der Waals surface area contributed by atoms with Gasteiger partial charge in [-0.1, -0.05) is 35.9 Å². The number of carbonyl (C=O) groups is 2. The van der Waals surface area contributed by atoms with Gasteiger partial charge in [-0.2, -0.15) is 0 Å². The summed E-state index contributed by atoms with van der Waals surface area (Å²) in [5.74, 6) is -0.435. The second kappa shape index (κ2) is 6.51. The summed E-state index contributed by atoms with van der Waals surface area (Å²) in [5.41, 5.74) is 4.57. The van der Waals surface area contributed by atoms with Crippen molar-refractivity contribution in [2.24, 2.45) is 0 Å². The van der Waals surface area contributed by atoms with E-state index in [1.165, 1.54) is 0 Å². The maximum absolute atomic E-state index is 11.8. The first-order chi connectivity index (χ1) is 9.88. The lowest BCUT2D eigenvalue weighted by atomic mass is 9.96. The number of nitrogens with one attached hydrogen (secondary N) is 3. The number of alkyl halides is 1. The molecule has 3 amide bonds. The Balaban J connectivity index is 1.84. The van der Waals surface area contributed by atoms with E-state index >= 15 is 0 Å². The normalized spacial score (nSPS) is 23.7. The number of allylic oxidation sites excluding steroid dienone is 2. The molecule has 0 fully saturated rings. The van der Waals surface area contributed by atoms with Crippen molar-refractivity contribution in [1.29, 1.82) is 0 Å². The van der Waals surface area contributed by atoms with Crippen molar-refractivity contribution in [1.82, 2.24) is 16.2 Å². The molecule has 1 aliphatic rings. The Labute approximate surface area is 136 Å². The van der Waals surface area contributed by atoms with E-state index in [2.05, 4.69) is 16.2 Å². The number of carbonyl (C=O) groups excluding carboxylic acids is 2. The number of thiophene rings is 1. The van der Waals surface area contributed by atoms with Crippen molar-refractivity contribution < 1.29 is 9.59 Å². The molecule has 1 heterocycles. The molecule has 0 bridgehead atoms. The van der Waals surface area contributed by atoms with Gasteiger partial charge < -0.3 is 5.32 Å². The van der Waals surface area contributed by atoms with Crippen molar-refractivity contribution in [3.8, 4) is 0 Å². The summed E-state index contributed by atoms with van der Waals surface area (Å²) in [6, 6.07) is 2.26. The summed E-state index contributed by atoms with van der Waals surface area (Å²) in [6.45, 7) is 1.78. The molecule has 1 aromatic rings. The molecule has 8 heteroatoms. The fraction of sp³-hybridized carbons (Fsp3) is 0.231. The molecule has 5 nitrogen and oxygen atoms in total. The molecule has 0 aliphatic heterocycles. The average molecular weight is 346 g/mol. The molecule has 0 saturated carbocycles. The van der Waals surface area contributed by atoms with Crippen molar-refractivity contribution >= 4 is 46.5 Å². The third kappa shape index (κ3) is 4.23. The van der Waals surface area contributed by atoms with E-state index in [1.807, 2.05) is 6.08 Å². The fourth-order valence-corrected chi connectivity index (χ4v) is 2.83. The maximum atomic E-state index is 11.8. The lowest BCUT2D eigenvalue weighted by Gasteiger charge is -2.29. The van der Waals surface area contributed by atoms with Crippen LogP contribution >= 0.6 is 34.5 Å². The molecule has 112 valence electrons. The molecule has 0 saturated heterocycles. The standard InChI is InChI=1S/C13H13Cl2N3O2S/c1-13(15)7-3-2-4-9(13)16-12(20)18-17-11(19)8-5-6-10(14)21-8/h2-7,9H,1H3,(H,17,19)(H2,16,18,20). The number of rotatable bonds is 2. The minimum atomic E-state index is -0.711. The topological polar surface area (TPSA) is 70.2 Å². The van der Waals surface area contributed by atoms with E-state index in [1.54, 1.807) is 37.3 Å². The highest BCUT2D eigenvalue weighted by molar-refractivity contribution is 7.17. The van der Waals surface area contributed by atoms with Gasteiger partial charge in [-0.15, -0.1) is 22.9 Å². The monoisotopic (exact) mass is 345 g/mol. The largest absolute Gasteiger partial charge is 0.334 e. The molecule has 3 N–H and O–H groups in total.